The summed E-state index contributed by atoms with van der Waals surface area (Å²) in [6.07, 6.45) is 4.06. The molecule has 1 fully saturated rings. The molecule has 0 aromatic carbocycles. The lowest BCUT2D eigenvalue weighted by atomic mass is 10.2. The Bertz CT molecular complexity index is 635. The van der Waals surface area contributed by atoms with Crippen LogP contribution in [0.4, 0.5) is 5.69 Å². The highest BCUT2D eigenvalue weighted by Crippen LogP contribution is 2.21. The van der Waals surface area contributed by atoms with Crippen LogP contribution in [0.1, 0.15) is 16.8 Å². The molecule has 20 heavy (non-hydrogen) atoms. The Kier molecular flexibility index (Phi) is 3.27. The van der Waals surface area contributed by atoms with Crippen LogP contribution < -0.4 is 10.2 Å². The normalized spacial score (nSPS) is 18.6. The van der Waals surface area contributed by atoms with Gasteiger partial charge in [-0.3, -0.25) is 14.3 Å². The number of nitrogens with zero attached hydrogens (tertiary/aromatic N) is 3. The predicted octanol–water partition coefficient (Wildman–Crippen LogP) is 1.02. The van der Waals surface area contributed by atoms with Crippen LogP contribution in [0.5, 0.6) is 0 Å². The largest absolute Gasteiger partial charge is 0.340 e. The molecule has 0 aliphatic carbocycles. The Morgan fingerprint density at radius 1 is 1.55 bits per heavy atom. The number of rotatable bonds is 3. The SMILES string of the molecule is Cn1cc(N2CC[C@H](NC(=O)c3ccsc3)C2=O)cn1. The van der Waals surface area contributed by atoms with E-state index in [9.17, 15) is 9.59 Å². The molecule has 0 saturated carbocycles. The topological polar surface area (TPSA) is 67.2 Å². The van der Waals surface area contributed by atoms with Crippen molar-refractivity contribution in [2.75, 3.05) is 11.4 Å². The molecular weight excluding hydrogens is 276 g/mol. The number of thiophene rings is 1. The van der Waals surface area contributed by atoms with Crippen molar-refractivity contribution in [3.8, 4) is 0 Å². The van der Waals surface area contributed by atoms with Gasteiger partial charge in [0.05, 0.1) is 17.4 Å². The molecule has 2 amide bonds. The monoisotopic (exact) mass is 290 g/mol. The van der Waals surface area contributed by atoms with Gasteiger partial charge < -0.3 is 10.2 Å². The molecule has 104 valence electrons. The molecule has 3 heterocycles. The van der Waals surface area contributed by atoms with Crippen molar-refractivity contribution in [1.82, 2.24) is 15.1 Å². The number of carbonyl (C=O) groups is 2. The van der Waals surface area contributed by atoms with Crippen LogP contribution in [0, 0.1) is 0 Å². The van der Waals surface area contributed by atoms with Gasteiger partial charge >= 0.3 is 0 Å². The number of carbonyl (C=O) groups excluding carboxylic acids is 2. The number of aryl methyl sites for hydroxylation is 1. The molecule has 1 aliphatic rings. The van der Waals surface area contributed by atoms with E-state index in [0.717, 1.165) is 5.69 Å². The third kappa shape index (κ3) is 2.32. The first kappa shape index (κ1) is 12.9. The van der Waals surface area contributed by atoms with Crippen LogP contribution >= 0.6 is 11.3 Å². The molecule has 1 aliphatic heterocycles. The van der Waals surface area contributed by atoms with Crippen LogP contribution in [0.15, 0.2) is 29.2 Å². The van der Waals surface area contributed by atoms with E-state index in [1.807, 2.05) is 5.38 Å². The van der Waals surface area contributed by atoms with Gasteiger partial charge in [-0.25, -0.2) is 0 Å². The predicted molar refractivity (Wildman–Crippen MR) is 75.8 cm³/mol. The Labute approximate surface area is 120 Å². The zero-order valence-corrected chi connectivity index (χ0v) is 11.8. The van der Waals surface area contributed by atoms with E-state index in [0.29, 0.717) is 18.5 Å². The van der Waals surface area contributed by atoms with E-state index < -0.39 is 6.04 Å². The quantitative estimate of drug-likeness (QED) is 0.917. The molecule has 0 unspecified atom stereocenters. The number of hydrogen-bond donors (Lipinski definition) is 1. The highest BCUT2D eigenvalue weighted by Gasteiger charge is 2.34. The van der Waals surface area contributed by atoms with E-state index in [-0.39, 0.29) is 11.8 Å². The molecule has 2 aromatic rings. The van der Waals surface area contributed by atoms with Crippen molar-refractivity contribution in [2.24, 2.45) is 7.05 Å². The van der Waals surface area contributed by atoms with Gasteiger partial charge in [-0.15, -0.1) is 0 Å². The van der Waals surface area contributed by atoms with Gasteiger partial charge in [0.25, 0.3) is 5.91 Å². The summed E-state index contributed by atoms with van der Waals surface area (Å²) in [7, 11) is 1.81. The average molecular weight is 290 g/mol. The van der Waals surface area contributed by atoms with E-state index in [4.69, 9.17) is 0 Å². The number of aromatic nitrogens is 2. The van der Waals surface area contributed by atoms with E-state index >= 15 is 0 Å². The van der Waals surface area contributed by atoms with Gasteiger partial charge in [-0.1, -0.05) is 0 Å². The van der Waals surface area contributed by atoms with Crippen molar-refractivity contribution >= 4 is 28.8 Å². The third-order valence-corrected chi connectivity index (χ3v) is 3.98. The van der Waals surface area contributed by atoms with Crippen molar-refractivity contribution < 1.29 is 9.59 Å². The summed E-state index contributed by atoms with van der Waals surface area (Å²) in [5.41, 5.74) is 1.37. The molecule has 3 rings (SSSR count). The minimum Gasteiger partial charge on any atom is -0.340 e. The molecular formula is C13H14N4O2S. The Balaban J connectivity index is 1.68. The first-order valence-electron chi connectivity index (χ1n) is 6.28. The summed E-state index contributed by atoms with van der Waals surface area (Å²) >= 11 is 1.46. The standard InChI is InChI=1S/C13H14N4O2S/c1-16-7-10(6-14-16)17-4-2-11(13(17)19)15-12(18)9-3-5-20-8-9/h3,5-8,11H,2,4H2,1H3,(H,15,18)/t11-/m0/s1. The van der Waals surface area contributed by atoms with E-state index in [1.54, 1.807) is 40.5 Å². The summed E-state index contributed by atoms with van der Waals surface area (Å²) in [4.78, 5) is 25.9. The van der Waals surface area contributed by atoms with Crippen molar-refractivity contribution in [1.29, 1.82) is 0 Å². The van der Waals surface area contributed by atoms with Gasteiger partial charge in [-0.2, -0.15) is 16.4 Å². The number of amides is 2. The van der Waals surface area contributed by atoms with E-state index in [2.05, 4.69) is 10.4 Å². The molecule has 1 saturated heterocycles. The third-order valence-electron chi connectivity index (χ3n) is 3.30. The fourth-order valence-corrected chi connectivity index (χ4v) is 2.89. The average Bonchev–Trinajstić information content (AvgIpc) is 3.12. The van der Waals surface area contributed by atoms with Crippen molar-refractivity contribution in [3.63, 3.8) is 0 Å². The van der Waals surface area contributed by atoms with Gasteiger partial charge in [0.15, 0.2) is 0 Å². The molecule has 1 atom stereocenters. The maximum Gasteiger partial charge on any atom is 0.252 e. The second kappa shape index (κ2) is 5.09. The van der Waals surface area contributed by atoms with Crippen molar-refractivity contribution in [3.05, 3.63) is 34.8 Å². The van der Waals surface area contributed by atoms with Gasteiger partial charge in [0.2, 0.25) is 5.91 Å². The van der Waals surface area contributed by atoms with Crippen LogP contribution in [-0.4, -0.2) is 34.2 Å². The second-order valence-corrected chi connectivity index (χ2v) is 5.47. The highest BCUT2D eigenvalue weighted by molar-refractivity contribution is 7.08. The molecule has 1 N–H and O–H groups in total. The smallest absolute Gasteiger partial charge is 0.252 e. The molecule has 6 nitrogen and oxygen atoms in total. The highest BCUT2D eigenvalue weighted by atomic mass is 32.1. The summed E-state index contributed by atoms with van der Waals surface area (Å²) < 4.78 is 1.65. The lowest BCUT2D eigenvalue weighted by Crippen LogP contribution is -2.41. The first-order valence-corrected chi connectivity index (χ1v) is 7.22. The minimum absolute atomic E-state index is 0.0819. The van der Waals surface area contributed by atoms with Crippen LogP contribution in [0.25, 0.3) is 0 Å². The van der Waals surface area contributed by atoms with Gasteiger partial charge in [-0.05, 0) is 17.9 Å². The molecule has 0 spiro atoms. The van der Waals surface area contributed by atoms with Gasteiger partial charge in [0, 0.05) is 25.2 Å². The summed E-state index contributed by atoms with van der Waals surface area (Å²) in [6, 6.07) is 1.29. The lowest BCUT2D eigenvalue weighted by Gasteiger charge is -2.14. The maximum absolute atomic E-state index is 12.3. The fraction of sp³-hybridized carbons (Fsp3) is 0.308. The molecule has 7 heteroatoms. The summed E-state index contributed by atoms with van der Waals surface area (Å²) in [6.45, 7) is 0.596. The fourth-order valence-electron chi connectivity index (χ4n) is 2.25. The molecule has 0 radical (unpaired) electrons. The second-order valence-electron chi connectivity index (χ2n) is 4.69. The zero-order valence-electron chi connectivity index (χ0n) is 10.9. The first-order chi connectivity index (χ1) is 9.65. The Morgan fingerprint density at radius 3 is 3.05 bits per heavy atom. The maximum atomic E-state index is 12.3. The number of hydrogen-bond acceptors (Lipinski definition) is 4. The Hall–Kier alpha value is -2.15. The zero-order chi connectivity index (χ0) is 14.1. The van der Waals surface area contributed by atoms with E-state index in [1.165, 1.54) is 11.3 Å². The van der Waals surface area contributed by atoms with Crippen LogP contribution in [0.3, 0.4) is 0 Å². The summed E-state index contributed by atoms with van der Waals surface area (Å²) in [5.74, 6) is -0.279. The summed E-state index contributed by atoms with van der Waals surface area (Å²) in [5, 5.41) is 10.5. The lowest BCUT2D eigenvalue weighted by molar-refractivity contribution is -0.118. The van der Waals surface area contributed by atoms with Crippen LogP contribution in [-0.2, 0) is 11.8 Å². The molecule has 0 bridgehead atoms. The molecule has 2 aromatic heterocycles. The number of anilines is 1. The Morgan fingerprint density at radius 2 is 2.40 bits per heavy atom. The van der Waals surface area contributed by atoms with Gasteiger partial charge in [0.1, 0.15) is 6.04 Å². The number of nitrogens with one attached hydrogen (secondary N) is 1. The van der Waals surface area contributed by atoms with Crippen molar-refractivity contribution in [2.45, 2.75) is 12.5 Å². The minimum atomic E-state index is -0.456. The van der Waals surface area contributed by atoms with Crippen LogP contribution in [0.2, 0.25) is 0 Å².